The highest BCUT2D eigenvalue weighted by Gasteiger charge is 2.43. The summed E-state index contributed by atoms with van der Waals surface area (Å²) in [6.45, 7) is 9.15. The Bertz CT molecular complexity index is 435. The molecule has 1 aromatic carbocycles. The lowest BCUT2D eigenvalue weighted by atomic mass is 9.78. The van der Waals surface area contributed by atoms with E-state index in [-0.39, 0.29) is 10.8 Å². The van der Waals surface area contributed by atoms with Crippen LogP contribution in [0.1, 0.15) is 51.7 Å². The first-order valence-corrected chi connectivity index (χ1v) is 6.56. The third kappa shape index (κ3) is 1.67. The van der Waals surface area contributed by atoms with Crippen molar-refractivity contribution in [2.24, 2.45) is 0 Å². The maximum absolute atomic E-state index is 6.14. The molecule has 88 valence electrons. The van der Waals surface area contributed by atoms with Crippen LogP contribution in [0.25, 0.3) is 0 Å². The number of hydrogen-bond donors (Lipinski definition) is 0. The van der Waals surface area contributed by atoms with Crippen LogP contribution in [0.15, 0.2) is 12.1 Å². The van der Waals surface area contributed by atoms with Gasteiger partial charge in [0.15, 0.2) is 0 Å². The summed E-state index contributed by atoms with van der Waals surface area (Å²) >= 11 is 12.3. The SMILES string of the molecule is CCC1(C)CC(C)(C)c2cc(Cl)c(Cl)cc21. The zero-order valence-electron chi connectivity index (χ0n) is 10.3. The van der Waals surface area contributed by atoms with Gasteiger partial charge < -0.3 is 0 Å². The lowest BCUT2D eigenvalue weighted by molar-refractivity contribution is 0.367. The molecule has 0 bridgehead atoms. The molecule has 0 radical (unpaired) electrons. The fraction of sp³-hybridized carbons (Fsp3) is 0.571. The zero-order valence-corrected chi connectivity index (χ0v) is 11.8. The van der Waals surface area contributed by atoms with Gasteiger partial charge in [0.05, 0.1) is 10.0 Å². The predicted molar refractivity (Wildman–Crippen MR) is 71.7 cm³/mol. The van der Waals surface area contributed by atoms with Gasteiger partial charge in [0.2, 0.25) is 0 Å². The number of benzene rings is 1. The quantitative estimate of drug-likeness (QED) is 0.636. The molecule has 0 aliphatic heterocycles. The summed E-state index contributed by atoms with van der Waals surface area (Å²) in [7, 11) is 0. The van der Waals surface area contributed by atoms with Crippen molar-refractivity contribution in [2.45, 2.75) is 51.4 Å². The van der Waals surface area contributed by atoms with Crippen LogP contribution < -0.4 is 0 Å². The molecule has 0 aromatic heterocycles. The molecule has 1 aliphatic rings. The topological polar surface area (TPSA) is 0 Å². The number of halogens is 2. The molecule has 0 heterocycles. The summed E-state index contributed by atoms with van der Waals surface area (Å²) in [4.78, 5) is 0. The van der Waals surface area contributed by atoms with Crippen molar-refractivity contribution in [3.63, 3.8) is 0 Å². The van der Waals surface area contributed by atoms with Crippen LogP contribution in [-0.4, -0.2) is 0 Å². The molecule has 0 fully saturated rings. The highest BCUT2D eigenvalue weighted by Crippen LogP contribution is 2.52. The second kappa shape index (κ2) is 3.65. The Hall–Kier alpha value is -0.200. The van der Waals surface area contributed by atoms with E-state index in [0.717, 1.165) is 6.42 Å². The van der Waals surface area contributed by atoms with Crippen LogP contribution in [-0.2, 0) is 10.8 Å². The summed E-state index contributed by atoms with van der Waals surface area (Å²) in [5, 5.41) is 1.35. The van der Waals surface area contributed by atoms with E-state index < -0.39 is 0 Å². The first-order valence-electron chi connectivity index (χ1n) is 5.80. The zero-order chi connectivity index (χ0) is 12.1. The van der Waals surface area contributed by atoms with E-state index in [2.05, 4.69) is 39.8 Å². The molecular formula is C14H18Cl2. The molecule has 0 spiro atoms. The van der Waals surface area contributed by atoms with E-state index >= 15 is 0 Å². The van der Waals surface area contributed by atoms with E-state index in [9.17, 15) is 0 Å². The first-order chi connectivity index (χ1) is 7.30. The van der Waals surface area contributed by atoms with Crippen LogP contribution in [0.4, 0.5) is 0 Å². The van der Waals surface area contributed by atoms with Crippen molar-refractivity contribution >= 4 is 23.2 Å². The number of fused-ring (bicyclic) bond motifs is 1. The van der Waals surface area contributed by atoms with Gasteiger partial charge in [-0.3, -0.25) is 0 Å². The molecule has 0 saturated heterocycles. The molecule has 0 amide bonds. The molecule has 0 N–H and O–H groups in total. The van der Waals surface area contributed by atoms with Crippen molar-refractivity contribution in [1.82, 2.24) is 0 Å². The van der Waals surface area contributed by atoms with Crippen molar-refractivity contribution in [3.8, 4) is 0 Å². The van der Waals surface area contributed by atoms with E-state index in [1.807, 2.05) is 0 Å². The molecule has 2 rings (SSSR count). The Morgan fingerprint density at radius 3 is 2.06 bits per heavy atom. The monoisotopic (exact) mass is 256 g/mol. The van der Waals surface area contributed by atoms with Gasteiger partial charge in [0.1, 0.15) is 0 Å². The van der Waals surface area contributed by atoms with Crippen molar-refractivity contribution in [1.29, 1.82) is 0 Å². The molecule has 0 nitrogen and oxygen atoms in total. The van der Waals surface area contributed by atoms with E-state index in [4.69, 9.17) is 23.2 Å². The molecule has 1 aliphatic carbocycles. The predicted octanol–water partition coefficient (Wildman–Crippen LogP) is 5.34. The van der Waals surface area contributed by atoms with Crippen molar-refractivity contribution in [2.75, 3.05) is 0 Å². The van der Waals surface area contributed by atoms with Crippen LogP contribution in [0.2, 0.25) is 10.0 Å². The average molecular weight is 257 g/mol. The van der Waals surface area contributed by atoms with E-state index in [1.54, 1.807) is 0 Å². The summed E-state index contributed by atoms with van der Waals surface area (Å²) in [5.41, 5.74) is 3.20. The minimum atomic E-state index is 0.203. The van der Waals surface area contributed by atoms with E-state index in [0.29, 0.717) is 10.0 Å². The largest absolute Gasteiger partial charge is 0.0827 e. The number of rotatable bonds is 1. The summed E-state index contributed by atoms with van der Waals surface area (Å²) in [6, 6.07) is 4.12. The Labute approximate surface area is 108 Å². The lowest BCUT2D eigenvalue weighted by Crippen LogP contribution is -2.20. The van der Waals surface area contributed by atoms with Gasteiger partial charge in [0.25, 0.3) is 0 Å². The Morgan fingerprint density at radius 2 is 1.56 bits per heavy atom. The molecular weight excluding hydrogens is 239 g/mol. The molecule has 1 atom stereocenters. The summed E-state index contributed by atoms with van der Waals surface area (Å²) < 4.78 is 0. The third-order valence-electron chi connectivity index (χ3n) is 4.05. The van der Waals surface area contributed by atoms with Gasteiger partial charge in [-0.25, -0.2) is 0 Å². The molecule has 2 heteroatoms. The minimum absolute atomic E-state index is 0.203. The van der Waals surface area contributed by atoms with E-state index in [1.165, 1.54) is 17.5 Å². The highest BCUT2D eigenvalue weighted by atomic mass is 35.5. The highest BCUT2D eigenvalue weighted by molar-refractivity contribution is 6.42. The minimum Gasteiger partial charge on any atom is -0.0827 e. The van der Waals surface area contributed by atoms with Gasteiger partial charge >= 0.3 is 0 Å². The Balaban J connectivity index is 2.69. The standard InChI is InChI=1S/C14H18Cl2/c1-5-14(4)8-13(2,3)9-6-11(15)12(16)7-10(9)14/h6-7H,5,8H2,1-4H3. The van der Waals surface area contributed by atoms with Gasteiger partial charge in [-0.2, -0.15) is 0 Å². The fourth-order valence-electron chi connectivity index (χ4n) is 3.09. The van der Waals surface area contributed by atoms with Crippen LogP contribution in [0.5, 0.6) is 0 Å². The third-order valence-corrected chi connectivity index (χ3v) is 4.77. The smallest absolute Gasteiger partial charge is 0.0595 e. The van der Waals surface area contributed by atoms with Crippen molar-refractivity contribution in [3.05, 3.63) is 33.3 Å². The first kappa shape index (κ1) is 12.3. The van der Waals surface area contributed by atoms with Gasteiger partial charge in [-0.15, -0.1) is 0 Å². The van der Waals surface area contributed by atoms with Crippen LogP contribution in [0.3, 0.4) is 0 Å². The Morgan fingerprint density at radius 1 is 1.06 bits per heavy atom. The summed E-state index contributed by atoms with van der Waals surface area (Å²) in [5.74, 6) is 0. The van der Waals surface area contributed by atoms with Gasteiger partial charge in [0, 0.05) is 0 Å². The molecule has 1 unspecified atom stereocenters. The fourth-order valence-corrected chi connectivity index (χ4v) is 3.41. The average Bonchev–Trinajstić information content (AvgIpc) is 2.38. The number of hydrogen-bond acceptors (Lipinski definition) is 0. The molecule has 16 heavy (non-hydrogen) atoms. The molecule has 1 aromatic rings. The maximum atomic E-state index is 6.14. The summed E-state index contributed by atoms with van der Waals surface area (Å²) in [6.07, 6.45) is 2.31. The normalized spacial score (nSPS) is 26.9. The van der Waals surface area contributed by atoms with Crippen molar-refractivity contribution < 1.29 is 0 Å². The maximum Gasteiger partial charge on any atom is 0.0595 e. The van der Waals surface area contributed by atoms with Gasteiger partial charge in [-0.1, -0.05) is 50.9 Å². The second-order valence-corrected chi connectivity index (χ2v) is 6.60. The molecule has 0 saturated carbocycles. The second-order valence-electron chi connectivity index (χ2n) is 5.79. The van der Waals surface area contributed by atoms with Crippen LogP contribution >= 0.6 is 23.2 Å². The lowest BCUT2D eigenvalue weighted by Gasteiger charge is -2.26. The van der Waals surface area contributed by atoms with Gasteiger partial charge in [-0.05, 0) is 46.9 Å². The van der Waals surface area contributed by atoms with Crippen LogP contribution in [0, 0.1) is 0 Å². The Kier molecular flexibility index (Phi) is 2.79.